The normalized spacial score (nSPS) is 9.89. The predicted molar refractivity (Wildman–Crippen MR) is 69.8 cm³/mol. The lowest BCUT2D eigenvalue weighted by molar-refractivity contribution is -0.123. The van der Waals surface area contributed by atoms with E-state index in [1.807, 2.05) is 12.1 Å². The van der Waals surface area contributed by atoms with Crippen LogP contribution >= 0.6 is 0 Å². The SMILES string of the molecule is COc1cccc(OCC(=O)NCCCCN)c1. The summed E-state index contributed by atoms with van der Waals surface area (Å²) in [4.78, 5) is 11.4. The first-order valence-electron chi connectivity index (χ1n) is 6.00. The minimum absolute atomic E-state index is 0.00971. The first-order valence-corrected chi connectivity index (χ1v) is 6.00. The molecule has 1 aromatic rings. The van der Waals surface area contributed by atoms with E-state index in [0.717, 1.165) is 12.8 Å². The molecule has 0 spiro atoms. The van der Waals surface area contributed by atoms with Crippen molar-refractivity contribution in [3.63, 3.8) is 0 Å². The zero-order chi connectivity index (χ0) is 13.2. The highest BCUT2D eigenvalue weighted by atomic mass is 16.5. The molecule has 0 aliphatic rings. The quantitative estimate of drug-likeness (QED) is 0.675. The van der Waals surface area contributed by atoms with Crippen LogP contribution in [0.2, 0.25) is 0 Å². The Kier molecular flexibility index (Phi) is 6.64. The average Bonchev–Trinajstić information content (AvgIpc) is 2.41. The molecule has 0 aromatic heterocycles. The zero-order valence-electron chi connectivity index (χ0n) is 10.6. The predicted octanol–water partition coefficient (Wildman–Crippen LogP) is 0.929. The second kappa shape index (κ2) is 8.36. The number of hydrogen-bond acceptors (Lipinski definition) is 4. The van der Waals surface area contributed by atoms with Crippen LogP contribution in [-0.4, -0.2) is 32.7 Å². The van der Waals surface area contributed by atoms with Gasteiger partial charge in [-0.2, -0.15) is 0 Å². The largest absolute Gasteiger partial charge is 0.497 e. The fourth-order valence-corrected chi connectivity index (χ4v) is 1.39. The summed E-state index contributed by atoms with van der Waals surface area (Å²) in [6, 6.07) is 7.15. The van der Waals surface area contributed by atoms with Crippen molar-refractivity contribution in [2.24, 2.45) is 5.73 Å². The van der Waals surface area contributed by atoms with E-state index in [1.54, 1.807) is 19.2 Å². The Morgan fingerprint density at radius 2 is 2.11 bits per heavy atom. The highest BCUT2D eigenvalue weighted by Crippen LogP contribution is 2.18. The summed E-state index contributed by atoms with van der Waals surface area (Å²) < 4.78 is 10.4. The van der Waals surface area contributed by atoms with Gasteiger partial charge in [0.15, 0.2) is 6.61 Å². The molecule has 0 unspecified atom stereocenters. The van der Waals surface area contributed by atoms with Gasteiger partial charge in [-0.25, -0.2) is 0 Å². The van der Waals surface area contributed by atoms with E-state index in [2.05, 4.69) is 5.32 Å². The monoisotopic (exact) mass is 252 g/mol. The molecule has 0 bridgehead atoms. The van der Waals surface area contributed by atoms with Gasteiger partial charge in [0.2, 0.25) is 0 Å². The minimum atomic E-state index is -0.130. The highest BCUT2D eigenvalue weighted by molar-refractivity contribution is 5.77. The topological polar surface area (TPSA) is 73.6 Å². The maximum Gasteiger partial charge on any atom is 0.257 e. The number of rotatable bonds is 8. The first kappa shape index (κ1) is 14.3. The third kappa shape index (κ3) is 5.54. The Labute approximate surface area is 107 Å². The van der Waals surface area contributed by atoms with Crippen molar-refractivity contribution >= 4 is 5.91 Å². The van der Waals surface area contributed by atoms with Gasteiger partial charge in [0.05, 0.1) is 7.11 Å². The van der Waals surface area contributed by atoms with Gasteiger partial charge in [-0.1, -0.05) is 6.07 Å². The molecular formula is C13H20N2O3. The van der Waals surface area contributed by atoms with Gasteiger partial charge in [-0.15, -0.1) is 0 Å². The van der Waals surface area contributed by atoms with Crippen LogP contribution in [0.25, 0.3) is 0 Å². The van der Waals surface area contributed by atoms with E-state index in [0.29, 0.717) is 24.6 Å². The lowest BCUT2D eigenvalue weighted by Gasteiger charge is -2.08. The van der Waals surface area contributed by atoms with Gasteiger partial charge < -0.3 is 20.5 Å². The molecule has 3 N–H and O–H groups in total. The third-order valence-corrected chi connectivity index (χ3v) is 2.36. The van der Waals surface area contributed by atoms with Crippen LogP contribution in [0.1, 0.15) is 12.8 Å². The van der Waals surface area contributed by atoms with E-state index in [-0.39, 0.29) is 12.5 Å². The number of nitrogens with one attached hydrogen (secondary N) is 1. The molecule has 5 nitrogen and oxygen atoms in total. The summed E-state index contributed by atoms with van der Waals surface area (Å²) in [5.41, 5.74) is 5.36. The standard InChI is InChI=1S/C13H20N2O3/c1-17-11-5-4-6-12(9-11)18-10-13(16)15-8-3-2-7-14/h4-6,9H,2-3,7-8,10,14H2,1H3,(H,15,16). The van der Waals surface area contributed by atoms with Gasteiger partial charge in [0, 0.05) is 12.6 Å². The average molecular weight is 252 g/mol. The van der Waals surface area contributed by atoms with Crippen molar-refractivity contribution in [2.75, 3.05) is 26.8 Å². The zero-order valence-corrected chi connectivity index (χ0v) is 10.6. The van der Waals surface area contributed by atoms with Crippen molar-refractivity contribution < 1.29 is 14.3 Å². The van der Waals surface area contributed by atoms with Crippen LogP contribution in [0.3, 0.4) is 0 Å². The Hall–Kier alpha value is -1.75. The smallest absolute Gasteiger partial charge is 0.257 e. The number of hydrogen-bond donors (Lipinski definition) is 2. The molecule has 0 atom stereocenters. The fourth-order valence-electron chi connectivity index (χ4n) is 1.39. The number of ether oxygens (including phenoxy) is 2. The Balaban J connectivity index is 2.24. The summed E-state index contributed by atoms with van der Waals surface area (Å²) in [6.45, 7) is 1.30. The van der Waals surface area contributed by atoms with Crippen molar-refractivity contribution in [2.45, 2.75) is 12.8 Å². The van der Waals surface area contributed by atoms with E-state index >= 15 is 0 Å². The summed E-state index contributed by atoms with van der Waals surface area (Å²) in [6.07, 6.45) is 1.80. The first-order chi connectivity index (χ1) is 8.76. The second-order valence-electron chi connectivity index (χ2n) is 3.81. The van der Waals surface area contributed by atoms with Crippen molar-refractivity contribution in [1.29, 1.82) is 0 Å². The van der Waals surface area contributed by atoms with Gasteiger partial charge in [0.1, 0.15) is 11.5 Å². The van der Waals surface area contributed by atoms with E-state index in [9.17, 15) is 4.79 Å². The molecule has 0 heterocycles. The molecule has 0 radical (unpaired) electrons. The molecular weight excluding hydrogens is 232 g/mol. The van der Waals surface area contributed by atoms with E-state index in [4.69, 9.17) is 15.2 Å². The number of amides is 1. The van der Waals surface area contributed by atoms with Crippen LogP contribution in [0, 0.1) is 0 Å². The van der Waals surface area contributed by atoms with E-state index in [1.165, 1.54) is 0 Å². The number of carbonyl (C=O) groups is 1. The Morgan fingerprint density at radius 1 is 1.33 bits per heavy atom. The molecule has 1 aromatic carbocycles. The lowest BCUT2D eigenvalue weighted by Crippen LogP contribution is -2.29. The molecule has 100 valence electrons. The molecule has 18 heavy (non-hydrogen) atoms. The lowest BCUT2D eigenvalue weighted by atomic mass is 10.3. The summed E-state index contributed by atoms with van der Waals surface area (Å²) in [5, 5.41) is 2.77. The maximum atomic E-state index is 11.4. The van der Waals surface area contributed by atoms with Crippen molar-refractivity contribution in [1.82, 2.24) is 5.32 Å². The molecule has 0 fully saturated rings. The van der Waals surface area contributed by atoms with E-state index < -0.39 is 0 Å². The molecule has 1 amide bonds. The minimum Gasteiger partial charge on any atom is -0.497 e. The molecule has 1 rings (SSSR count). The molecule has 0 aliphatic heterocycles. The molecule has 0 aliphatic carbocycles. The number of carbonyl (C=O) groups excluding carboxylic acids is 1. The van der Waals surface area contributed by atoms with Crippen LogP contribution in [0.4, 0.5) is 0 Å². The van der Waals surface area contributed by atoms with Crippen molar-refractivity contribution in [3.05, 3.63) is 24.3 Å². The van der Waals surface area contributed by atoms with Crippen LogP contribution < -0.4 is 20.5 Å². The number of unbranched alkanes of at least 4 members (excludes halogenated alkanes) is 1. The Bertz CT molecular complexity index is 369. The molecule has 5 heteroatoms. The number of benzene rings is 1. The summed E-state index contributed by atoms with van der Waals surface area (Å²) in [5.74, 6) is 1.19. The second-order valence-corrected chi connectivity index (χ2v) is 3.81. The highest BCUT2D eigenvalue weighted by Gasteiger charge is 2.02. The third-order valence-electron chi connectivity index (χ3n) is 2.36. The van der Waals surface area contributed by atoms with Gasteiger partial charge in [-0.3, -0.25) is 4.79 Å². The van der Waals surface area contributed by atoms with Gasteiger partial charge in [-0.05, 0) is 31.5 Å². The summed E-state index contributed by atoms with van der Waals surface area (Å²) in [7, 11) is 1.59. The molecule has 0 saturated carbocycles. The maximum absolute atomic E-state index is 11.4. The molecule has 0 saturated heterocycles. The number of nitrogens with two attached hydrogens (primary N) is 1. The van der Waals surface area contributed by atoms with Gasteiger partial charge in [0.25, 0.3) is 5.91 Å². The Morgan fingerprint density at radius 3 is 2.83 bits per heavy atom. The van der Waals surface area contributed by atoms with Gasteiger partial charge >= 0.3 is 0 Å². The van der Waals surface area contributed by atoms with Crippen LogP contribution in [0.15, 0.2) is 24.3 Å². The fraction of sp³-hybridized carbons (Fsp3) is 0.462. The number of methoxy groups -OCH3 is 1. The summed E-state index contributed by atoms with van der Waals surface area (Å²) >= 11 is 0. The van der Waals surface area contributed by atoms with Crippen LogP contribution in [-0.2, 0) is 4.79 Å². The van der Waals surface area contributed by atoms with Crippen molar-refractivity contribution in [3.8, 4) is 11.5 Å². The van der Waals surface area contributed by atoms with Crippen LogP contribution in [0.5, 0.6) is 11.5 Å².